The van der Waals surface area contributed by atoms with Gasteiger partial charge in [-0.05, 0) is 39.8 Å². The minimum Gasteiger partial charge on any atom is -0.379 e. The van der Waals surface area contributed by atoms with Crippen LogP contribution in [0.3, 0.4) is 0 Å². The molecule has 1 aromatic rings. The van der Waals surface area contributed by atoms with Crippen LogP contribution in [0.4, 0.5) is 0 Å². The number of ether oxygens (including phenoxy) is 1. The fourth-order valence-corrected chi connectivity index (χ4v) is 2.28. The molecule has 1 aliphatic heterocycles. The van der Waals surface area contributed by atoms with Gasteiger partial charge in [0.2, 0.25) is 0 Å². The second-order valence-electron chi connectivity index (χ2n) is 6.62. The SMILES string of the molecule is CC1COCCN1Cc1cccc(CNC(C)(C)C)n1. The van der Waals surface area contributed by atoms with Crippen LogP contribution in [0.25, 0.3) is 0 Å². The third-order valence-electron chi connectivity index (χ3n) is 3.53. The molecule has 4 heteroatoms. The number of aromatic nitrogens is 1. The lowest BCUT2D eigenvalue weighted by atomic mass is 10.1. The van der Waals surface area contributed by atoms with Crippen molar-refractivity contribution in [2.45, 2.75) is 52.4 Å². The first-order valence-corrected chi connectivity index (χ1v) is 7.46. The van der Waals surface area contributed by atoms with E-state index in [1.807, 2.05) is 0 Å². The molecule has 0 saturated carbocycles. The van der Waals surface area contributed by atoms with Gasteiger partial charge in [-0.15, -0.1) is 0 Å². The number of hydrogen-bond acceptors (Lipinski definition) is 4. The summed E-state index contributed by atoms with van der Waals surface area (Å²) in [4.78, 5) is 7.20. The van der Waals surface area contributed by atoms with E-state index in [0.717, 1.165) is 44.2 Å². The minimum atomic E-state index is 0.121. The first kappa shape index (κ1) is 15.4. The van der Waals surface area contributed by atoms with Crippen LogP contribution >= 0.6 is 0 Å². The van der Waals surface area contributed by atoms with E-state index >= 15 is 0 Å². The number of rotatable bonds is 4. The molecule has 1 atom stereocenters. The van der Waals surface area contributed by atoms with Crippen molar-refractivity contribution in [2.24, 2.45) is 0 Å². The predicted molar refractivity (Wildman–Crippen MR) is 81.5 cm³/mol. The Kier molecular flexibility index (Phi) is 5.13. The van der Waals surface area contributed by atoms with Crippen molar-refractivity contribution in [1.29, 1.82) is 0 Å². The Bertz CT molecular complexity index is 428. The minimum absolute atomic E-state index is 0.121. The quantitative estimate of drug-likeness (QED) is 0.915. The molecule has 1 N–H and O–H groups in total. The third-order valence-corrected chi connectivity index (χ3v) is 3.53. The fraction of sp³-hybridized carbons (Fsp3) is 0.688. The molecular weight excluding hydrogens is 250 g/mol. The maximum absolute atomic E-state index is 5.48. The van der Waals surface area contributed by atoms with E-state index in [1.54, 1.807) is 0 Å². The van der Waals surface area contributed by atoms with Crippen LogP contribution in [0.1, 0.15) is 39.1 Å². The number of hydrogen-bond donors (Lipinski definition) is 1. The molecule has 4 nitrogen and oxygen atoms in total. The Morgan fingerprint density at radius 3 is 2.80 bits per heavy atom. The highest BCUT2D eigenvalue weighted by Gasteiger charge is 2.19. The zero-order valence-corrected chi connectivity index (χ0v) is 13.1. The molecule has 1 saturated heterocycles. The Balaban J connectivity index is 1.95. The lowest BCUT2D eigenvalue weighted by Gasteiger charge is -2.32. The number of nitrogens with one attached hydrogen (secondary N) is 1. The van der Waals surface area contributed by atoms with E-state index in [0.29, 0.717) is 6.04 Å². The Morgan fingerprint density at radius 2 is 2.10 bits per heavy atom. The summed E-state index contributed by atoms with van der Waals surface area (Å²) in [7, 11) is 0. The summed E-state index contributed by atoms with van der Waals surface area (Å²) in [6.07, 6.45) is 0. The molecule has 0 aliphatic carbocycles. The smallest absolute Gasteiger partial charge is 0.0619 e. The van der Waals surface area contributed by atoms with Crippen LogP contribution in [0, 0.1) is 0 Å². The van der Waals surface area contributed by atoms with Crippen molar-refractivity contribution in [2.75, 3.05) is 19.8 Å². The van der Waals surface area contributed by atoms with Gasteiger partial charge in [0.25, 0.3) is 0 Å². The van der Waals surface area contributed by atoms with E-state index in [9.17, 15) is 0 Å². The Morgan fingerprint density at radius 1 is 1.35 bits per heavy atom. The van der Waals surface area contributed by atoms with Crippen LogP contribution < -0.4 is 5.32 Å². The molecule has 2 rings (SSSR count). The van der Waals surface area contributed by atoms with Crippen molar-refractivity contribution in [1.82, 2.24) is 15.2 Å². The number of nitrogens with zero attached hydrogens (tertiary/aromatic N) is 2. The number of pyridine rings is 1. The van der Waals surface area contributed by atoms with Crippen molar-refractivity contribution in [3.8, 4) is 0 Å². The van der Waals surface area contributed by atoms with Gasteiger partial charge in [-0.1, -0.05) is 6.07 Å². The molecule has 0 bridgehead atoms. The Hall–Kier alpha value is -0.970. The van der Waals surface area contributed by atoms with Crippen LogP contribution in [-0.2, 0) is 17.8 Å². The first-order chi connectivity index (χ1) is 9.44. The molecule has 0 aromatic carbocycles. The predicted octanol–water partition coefficient (Wildman–Crippen LogP) is 2.19. The molecule has 112 valence electrons. The molecule has 0 amide bonds. The van der Waals surface area contributed by atoms with Gasteiger partial charge in [-0.2, -0.15) is 0 Å². The summed E-state index contributed by atoms with van der Waals surface area (Å²) in [6, 6.07) is 6.78. The van der Waals surface area contributed by atoms with Gasteiger partial charge in [0.05, 0.1) is 24.6 Å². The normalized spacial score (nSPS) is 21.1. The van der Waals surface area contributed by atoms with E-state index in [-0.39, 0.29) is 5.54 Å². The molecule has 1 unspecified atom stereocenters. The van der Waals surface area contributed by atoms with Gasteiger partial charge >= 0.3 is 0 Å². The van der Waals surface area contributed by atoms with Crippen molar-refractivity contribution < 1.29 is 4.74 Å². The summed E-state index contributed by atoms with van der Waals surface area (Å²) in [5, 5.41) is 3.48. The average Bonchev–Trinajstić information content (AvgIpc) is 2.39. The molecule has 0 spiro atoms. The fourth-order valence-electron chi connectivity index (χ4n) is 2.28. The van der Waals surface area contributed by atoms with Crippen molar-refractivity contribution in [3.63, 3.8) is 0 Å². The summed E-state index contributed by atoms with van der Waals surface area (Å²) >= 11 is 0. The second-order valence-corrected chi connectivity index (χ2v) is 6.62. The standard InChI is InChI=1S/C16H27N3O/c1-13-12-20-9-8-19(13)11-15-7-5-6-14(18-15)10-17-16(2,3)4/h5-7,13,17H,8-12H2,1-4H3. The van der Waals surface area contributed by atoms with Crippen LogP contribution in [0.5, 0.6) is 0 Å². The van der Waals surface area contributed by atoms with E-state index in [1.165, 1.54) is 0 Å². The molecular formula is C16H27N3O. The topological polar surface area (TPSA) is 37.4 Å². The van der Waals surface area contributed by atoms with Crippen LogP contribution in [0.2, 0.25) is 0 Å². The van der Waals surface area contributed by atoms with Gasteiger partial charge in [-0.25, -0.2) is 0 Å². The van der Waals surface area contributed by atoms with E-state index < -0.39 is 0 Å². The summed E-state index contributed by atoms with van der Waals surface area (Å²) < 4.78 is 5.48. The lowest BCUT2D eigenvalue weighted by molar-refractivity contribution is -0.00493. The van der Waals surface area contributed by atoms with Crippen molar-refractivity contribution >= 4 is 0 Å². The average molecular weight is 277 g/mol. The molecule has 2 heterocycles. The van der Waals surface area contributed by atoms with Crippen molar-refractivity contribution in [3.05, 3.63) is 29.6 Å². The first-order valence-electron chi connectivity index (χ1n) is 7.46. The molecule has 0 radical (unpaired) electrons. The maximum Gasteiger partial charge on any atom is 0.0619 e. The molecule has 1 fully saturated rings. The molecule has 1 aliphatic rings. The summed E-state index contributed by atoms with van der Waals surface area (Å²) in [5.74, 6) is 0. The Labute approximate surface area is 122 Å². The largest absolute Gasteiger partial charge is 0.379 e. The zero-order chi connectivity index (χ0) is 14.6. The van der Waals surface area contributed by atoms with Crippen LogP contribution in [0.15, 0.2) is 18.2 Å². The summed E-state index contributed by atoms with van der Waals surface area (Å²) in [5.41, 5.74) is 2.38. The summed E-state index contributed by atoms with van der Waals surface area (Å²) in [6.45, 7) is 13.1. The molecule has 20 heavy (non-hydrogen) atoms. The third kappa shape index (κ3) is 4.85. The highest BCUT2D eigenvalue weighted by atomic mass is 16.5. The maximum atomic E-state index is 5.48. The van der Waals surface area contributed by atoms with Gasteiger partial charge in [-0.3, -0.25) is 9.88 Å². The molecule has 1 aromatic heterocycles. The van der Waals surface area contributed by atoms with Gasteiger partial charge in [0.1, 0.15) is 0 Å². The van der Waals surface area contributed by atoms with Crippen LogP contribution in [-0.4, -0.2) is 41.2 Å². The monoisotopic (exact) mass is 277 g/mol. The second kappa shape index (κ2) is 6.66. The highest BCUT2D eigenvalue weighted by molar-refractivity contribution is 5.11. The zero-order valence-electron chi connectivity index (χ0n) is 13.1. The van der Waals surface area contributed by atoms with E-state index in [2.05, 4.69) is 56.1 Å². The van der Waals surface area contributed by atoms with Gasteiger partial charge in [0.15, 0.2) is 0 Å². The van der Waals surface area contributed by atoms with Gasteiger partial charge < -0.3 is 10.1 Å². The van der Waals surface area contributed by atoms with E-state index in [4.69, 9.17) is 9.72 Å². The lowest BCUT2D eigenvalue weighted by Crippen LogP contribution is -2.43. The van der Waals surface area contributed by atoms with Gasteiger partial charge in [0, 0.05) is 31.2 Å². The number of morpholine rings is 1. The highest BCUT2D eigenvalue weighted by Crippen LogP contribution is 2.11.